The summed E-state index contributed by atoms with van der Waals surface area (Å²) >= 11 is 6.38. The number of aryl methyl sites for hydroxylation is 1. The lowest BCUT2D eigenvalue weighted by molar-refractivity contribution is 0.0637. The van der Waals surface area contributed by atoms with Crippen LogP contribution < -0.4 is 9.64 Å². The van der Waals surface area contributed by atoms with Gasteiger partial charge >= 0.3 is 0 Å². The third kappa shape index (κ3) is 4.82. The van der Waals surface area contributed by atoms with E-state index >= 15 is 0 Å². The number of para-hydroxylation sites is 1. The number of benzene rings is 2. The molecule has 2 atom stereocenters. The SMILES string of the molecule is Cc1ccc(OC2CCCCC2CN2CCN(c3ccccc3Cl)CC2)cc1. The molecule has 0 bridgehead atoms. The van der Waals surface area contributed by atoms with Gasteiger partial charge in [0.2, 0.25) is 0 Å². The summed E-state index contributed by atoms with van der Waals surface area (Å²) in [7, 11) is 0. The Kier molecular flexibility index (Phi) is 6.43. The maximum atomic E-state index is 6.42. The molecule has 0 spiro atoms. The first kappa shape index (κ1) is 19.6. The summed E-state index contributed by atoms with van der Waals surface area (Å²) < 4.78 is 6.42. The molecule has 2 aliphatic rings. The highest BCUT2D eigenvalue weighted by Crippen LogP contribution is 2.30. The molecule has 1 saturated carbocycles. The van der Waals surface area contributed by atoms with Gasteiger partial charge in [0.05, 0.1) is 10.7 Å². The number of piperazine rings is 1. The molecule has 2 aromatic carbocycles. The highest BCUT2D eigenvalue weighted by atomic mass is 35.5. The van der Waals surface area contributed by atoms with Crippen molar-refractivity contribution < 1.29 is 4.74 Å². The Morgan fingerprint density at radius 2 is 1.64 bits per heavy atom. The molecule has 1 heterocycles. The molecule has 150 valence electrons. The van der Waals surface area contributed by atoms with Crippen LogP contribution in [0.5, 0.6) is 5.75 Å². The van der Waals surface area contributed by atoms with Gasteiger partial charge in [-0.1, -0.05) is 47.9 Å². The largest absolute Gasteiger partial charge is 0.490 e. The minimum atomic E-state index is 0.345. The molecular weight excluding hydrogens is 368 g/mol. The molecule has 0 N–H and O–H groups in total. The van der Waals surface area contributed by atoms with Gasteiger partial charge in [0.1, 0.15) is 11.9 Å². The number of nitrogens with zero attached hydrogens (tertiary/aromatic N) is 2. The fourth-order valence-corrected chi connectivity index (χ4v) is 4.80. The Morgan fingerprint density at radius 3 is 2.39 bits per heavy atom. The van der Waals surface area contributed by atoms with Gasteiger partial charge in [-0.05, 0) is 50.5 Å². The van der Waals surface area contributed by atoms with Crippen LogP contribution in [0.1, 0.15) is 31.2 Å². The molecule has 0 radical (unpaired) electrons. The van der Waals surface area contributed by atoms with Crippen LogP contribution in [0, 0.1) is 12.8 Å². The first-order valence-electron chi connectivity index (χ1n) is 10.6. The van der Waals surface area contributed by atoms with Crippen LogP contribution in [0.3, 0.4) is 0 Å². The first-order chi connectivity index (χ1) is 13.7. The van der Waals surface area contributed by atoms with E-state index in [2.05, 4.69) is 53.1 Å². The van der Waals surface area contributed by atoms with E-state index in [1.165, 1.54) is 36.9 Å². The number of anilines is 1. The normalized spacial score (nSPS) is 23.6. The molecule has 1 aliphatic heterocycles. The average Bonchev–Trinajstić information content (AvgIpc) is 2.72. The van der Waals surface area contributed by atoms with E-state index in [0.717, 1.165) is 43.5 Å². The molecule has 1 aliphatic carbocycles. The molecule has 28 heavy (non-hydrogen) atoms. The number of halogens is 1. The fraction of sp³-hybridized carbons (Fsp3) is 0.500. The monoisotopic (exact) mass is 398 g/mol. The number of ether oxygens (including phenoxy) is 1. The highest BCUT2D eigenvalue weighted by Gasteiger charge is 2.30. The minimum absolute atomic E-state index is 0.345. The lowest BCUT2D eigenvalue weighted by atomic mass is 9.85. The van der Waals surface area contributed by atoms with Gasteiger partial charge in [-0.25, -0.2) is 0 Å². The van der Waals surface area contributed by atoms with Crippen LogP contribution >= 0.6 is 11.6 Å². The van der Waals surface area contributed by atoms with Gasteiger partial charge in [0, 0.05) is 38.6 Å². The smallest absolute Gasteiger partial charge is 0.119 e. The molecule has 3 nitrogen and oxygen atoms in total. The second kappa shape index (κ2) is 9.19. The summed E-state index contributed by atoms with van der Waals surface area (Å²) in [5.74, 6) is 1.65. The first-order valence-corrected chi connectivity index (χ1v) is 11.0. The van der Waals surface area contributed by atoms with Gasteiger partial charge in [-0.15, -0.1) is 0 Å². The molecule has 2 fully saturated rings. The summed E-state index contributed by atoms with van der Waals surface area (Å²) in [5.41, 5.74) is 2.45. The van der Waals surface area contributed by atoms with Crippen LogP contribution in [0.4, 0.5) is 5.69 Å². The molecule has 0 aromatic heterocycles. The summed E-state index contributed by atoms with van der Waals surface area (Å²) in [6, 6.07) is 16.7. The second-order valence-electron chi connectivity index (χ2n) is 8.25. The van der Waals surface area contributed by atoms with Crippen LogP contribution in [0.25, 0.3) is 0 Å². The molecule has 4 heteroatoms. The lowest BCUT2D eigenvalue weighted by Crippen LogP contribution is -2.49. The number of rotatable bonds is 5. The van der Waals surface area contributed by atoms with Crippen molar-refractivity contribution in [1.29, 1.82) is 0 Å². The van der Waals surface area contributed by atoms with Gasteiger partial charge in [0.15, 0.2) is 0 Å². The quantitative estimate of drug-likeness (QED) is 0.669. The van der Waals surface area contributed by atoms with Crippen molar-refractivity contribution >= 4 is 17.3 Å². The standard InChI is InChI=1S/C24H31ClN2O/c1-19-10-12-21(13-11-19)28-24-9-5-2-6-20(24)18-26-14-16-27(17-15-26)23-8-4-3-7-22(23)25/h3-4,7-8,10-13,20,24H,2,5-6,9,14-18H2,1H3. The van der Waals surface area contributed by atoms with Crippen molar-refractivity contribution in [2.75, 3.05) is 37.6 Å². The van der Waals surface area contributed by atoms with Crippen molar-refractivity contribution in [1.82, 2.24) is 4.90 Å². The third-order valence-corrected chi connectivity index (χ3v) is 6.53. The van der Waals surface area contributed by atoms with E-state index in [0.29, 0.717) is 12.0 Å². The van der Waals surface area contributed by atoms with Crippen LogP contribution in [-0.2, 0) is 0 Å². The van der Waals surface area contributed by atoms with E-state index in [1.54, 1.807) is 0 Å². The summed E-state index contributed by atoms with van der Waals surface area (Å²) in [6.07, 6.45) is 5.42. The fourth-order valence-electron chi connectivity index (χ4n) is 4.54. The maximum absolute atomic E-state index is 6.42. The molecule has 0 amide bonds. The maximum Gasteiger partial charge on any atom is 0.119 e. The Labute approximate surface area is 174 Å². The van der Waals surface area contributed by atoms with Crippen molar-refractivity contribution in [2.45, 2.75) is 38.7 Å². The van der Waals surface area contributed by atoms with Crippen LogP contribution in [0.15, 0.2) is 48.5 Å². The molecule has 1 saturated heterocycles. The molecule has 2 aromatic rings. The summed E-state index contributed by atoms with van der Waals surface area (Å²) in [6.45, 7) is 7.54. The molecule has 2 unspecified atom stereocenters. The predicted octanol–water partition coefficient (Wildman–Crippen LogP) is 5.41. The zero-order valence-corrected chi connectivity index (χ0v) is 17.6. The van der Waals surface area contributed by atoms with Crippen LogP contribution in [-0.4, -0.2) is 43.7 Å². The Morgan fingerprint density at radius 1 is 0.929 bits per heavy atom. The van der Waals surface area contributed by atoms with E-state index in [9.17, 15) is 0 Å². The Hall–Kier alpha value is -1.71. The van der Waals surface area contributed by atoms with Crippen molar-refractivity contribution in [3.8, 4) is 5.75 Å². The van der Waals surface area contributed by atoms with Crippen LogP contribution in [0.2, 0.25) is 5.02 Å². The zero-order chi connectivity index (χ0) is 19.3. The summed E-state index contributed by atoms with van der Waals surface area (Å²) in [4.78, 5) is 5.04. The highest BCUT2D eigenvalue weighted by molar-refractivity contribution is 6.33. The van der Waals surface area contributed by atoms with Crippen molar-refractivity contribution in [3.63, 3.8) is 0 Å². The zero-order valence-electron chi connectivity index (χ0n) is 16.8. The Bertz CT molecular complexity index is 755. The van der Waals surface area contributed by atoms with Crippen molar-refractivity contribution in [3.05, 3.63) is 59.1 Å². The molecular formula is C24H31ClN2O. The summed E-state index contributed by atoms with van der Waals surface area (Å²) in [5, 5.41) is 0.856. The van der Waals surface area contributed by atoms with Gasteiger partial charge in [-0.3, -0.25) is 4.90 Å². The average molecular weight is 399 g/mol. The van der Waals surface area contributed by atoms with E-state index < -0.39 is 0 Å². The van der Waals surface area contributed by atoms with Gasteiger partial charge in [-0.2, -0.15) is 0 Å². The lowest BCUT2D eigenvalue weighted by Gasteiger charge is -2.40. The van der Waals surface area contributed by atoms with Crippen molar-refractivity contribution in [2.24, 2.45) is 5.92 Å². The minimum Gasteiger partial charge on any atom is -0.490 e. The third-order valence-electron chi connectivity index (χ3n) is 6.21. The molecule has 4 rings (SSSR count). The Balaban J connectivity index is 1.32. The second-order valence-corrected chi connectivity index (χ2v) is 8.66. The predicted molar refractivity (Wildman–Crippen MR) is 118 cm³/mol. The van der Waals surface area contributed by atoms with Gasteiger partial charge in [0.25, 0.3) is 0 Å². The number of hydrogen-bond acceptors (Lipinski definition) is 3. The van der Waals surface area contributed by atoms with E-state index in [-0.39, 0.29) is 0 Å². The number of hydrogen-bond donors (Lipinski definition) is 0. The topological polar surface area (TPSA) is 15.7 Å². The van der Waals surface area contributed by atoms with Gasteiger partial charge < -0.3 is 9.64 Å². The van der Waals surface area contributed by atoms with E-state index in [4.69, 9.17) is 16.3 Å². The van der Waals surface area contributed by atoms with E-state index in [1.807, 2.05) is 12.1 Å².